The van der Waals surface area contributed by atoms with Crippen molar-refractivity contribution in [1.82, 2.24) is 14.8 Å². The summed E-state index contributed by atoms with van der Waals surface area (Å²) in [5.74, 6) is 0.261. The van der Waals surface area contributed by atoms with Crippen LogP contribution in [0.2, 0.25) is 0 Å². The van der Waals surface area contributed by atoms with E-state index >= 15 is 0 Å². The number of pyridine rings is 1. The van der Waals surface area contributed by atoms with Crippen molar-refractivity contribution in [1.29, 1.82) is 0 Å². The first-order valence-corrected chi connectivity index (χ1v) is 8.84. The molecule has 2 heterocycles. The van der Waals surface area contributed by atoms with Crippen molar-refractivity contribution in [3.05, 3.63) is 65.4 Å². The Morgan fingerprint density at radius 1 is 1.15 bits per heavy atom. The van der Waals surface area contributed by atoms with Gasteiger partial charge in [-0.05, 0) is 55.7 Å². The highest BCUT2D eigenvalue weighted by atomic mass is 19.1. The first-order valence-electron chi connectivity index (χ1n) is 8.84. The minimum atomic E-state index is -0.297. The molecule has 2 aromatic heterocycles. The van der Waals surface area contributed by atoms with Crippen LogP contribution in [0.1, 0.15) is 28.2 Å². The lowest BCUT2D eigenvalue weighted by atomic mass is 10.2. The fraction of sp³-hybridized carbons (Fsp3) is 0.250. The molecule has 0 saturated heterocycles. The van der Waals surface area contributed by atoms with Crippen LogP contribution in [0.25, 0.3) is 5.69 Å². The number of nitrogens with one attached hydrogen (secondary N) is 1. The molecule has 1 aliphatic carbocycles. The third-order valence-electron chi connectivity index (χ3n) is 4.68. The third kappa shape index (κ3) is 3.28. The number of nitrogens with zero attached hydrogens (tertiary/aromatic N) is 4. The standard InChI is InChI=1S/C20H20FN5O/c1-25(2)18-11-8-14(12-22-18)23-20(27)19-16-4-3-5-17(16)26(24-19)15-9-6-13(21)7-10-15/h6-12H,3-5H2,1-2H3,(H,23,27). The van der Waals surface area contributed by atoms with E-state index < -0.39 is 0 Å². The molecular weight excluding hydrogens is 345 g/mol. The van der Waals surface area contributed by atoms with Crippen molar-refractivity contribution in [3.63, 3.8) is 0 Å². The predicted octanol–water partition coefficient (Wildman–Crippen LogP) is 3.21. The Hall–Kier alpha value is -3.22. The van der Waals surface area contributed by atoms with Crippen LogP contribution in [0.5, 0.6) is 0 Å². The maximum absolute atomic E-state index is 13.2. The van der Waals surface area contributed by atoms with Crippen LogP contribution in [-0.4, -0.2) is 34.8 Å². The van der Waals surface area contributed by atoms with E-state index in [1.54, 1.807) is 23.0 Å². The van der Waals surface area contributed by atoms with Gasteiger partial charge in [0.15, 0.2) is 5.69 Å². The normalized spacial score (nSPS) is 12.7. The van der Waals surface area contributed by atoms with E-state index in [-0.39, 0.29) is 11.7 Å². The lowest BCUT2D eigenvalue weighted by molar-refractivity contribution is 0.102. The van der Waals surface area contributed by atoms with Crippen LogP contribution in [0.4, 0.5) is 15.9 Å². The fourth-order valence-corrected chi connectivity index (χ4v) is 3.33. The molecule has 0 atom stereocenters. The minimum Gasteiger partial charge on any atom is -0.363 e. The average molecular weight is 365 g/mol. The molecule has 138 valence electrons. The Bertz CT molecular complexity index is 977. The number of hydrogen-bond donors (Lipinski definition) is 1. The van der Waals surface area contributed by atoms with Gasteiger partial charge in [0.2, 0.25) is 0 Å². The van der Waals surface area contributed by atoms with Gasteiger partial charge < -0.3 is 10.2 Å². The van der Waals surface area contributed by atoms with Gasteiger partial charge in [-0.2, -0.15) is 5.10 Å². The summed E-state index contributed by atoms with van der Waals surface area (Å²) in [5, 5.41) is 7.40. The number of rotatable bonds is 4. The zero-order valence-corrected chi connectivity index (χ0v) is 15.2. The topological polar surface area (TPSA) is 63.1 Å². The highest BCUT2D eigenvalue weighted by Crippen LogP contribution is 2.28. The summed E-state index contributed by atoms with van der Waals surface area (Å²) in [7, 11) is 3.82. The smallest absolute Gasteiger partial charge is 0.276 e. The number of benzene rings is 1. The van der Waals surface area contributed by atoms with Gasteiger partial charge in [-0.25, -0.2) is 14.1 Å². The molecule has 3 aromatic rings. The lowest BCUT2D eigenvalue weighted by Gasteiger charge is -2.11. The largest absolute Gasteiger partial charge is 0.363 e. The summed E-state index contributed by atoms with van der Waals surface area (Å²) in [6.45, 7) is 0. The van der Waals surface area contributed by atoms with Gasteiger partial charge in [0.25, 0.3) is 5.91 Å². The van der Waals surface area contributed by atoms with E-state index in [1.165, 1.54) is 12.1 Å². The molecule has 1 N–H and O–H groups in total. The number of amides is 1. The minimum absolute atomic E-state index is 0.256. The molecule has 0 fully saturated rings. The first kappa shape index (κ1) is 17.2. The van der Waals surface area contributed by atoms with Gasteiger partial charge in [-0.1, -0.05) is 0 Å². The van der Waals surface area contributed by atoms with E-state index in [0.717, 1.165) is 42.0 Å². The fourth-order valence-electron chi connectivity index (χ4n) is 3.33. The molecular formula is C20H20FN5O. The monoisotopic (exact) mass is 365 g/mol. The van der Waals surface area contributed by atoms with Gasteiger partial charge >= 0.3 is 0 Å². The van der Waals surface area contributed by atoms with E-state index in [9.17, 15) is 9.18 Å². The summed E-state index contributed by atoms with van der Waals surface area (Å²) in [4.78, 5) is 19.0. The van der Waals surface area contributed by atoms with Crippen molar-refractivity contribution in [3.8, 4) is 5.69 Å². The van der Waals surface area contributed by atoms with Gasteiger partial charge in [0.1, 0.15) is 11.6 Å². The predicted molar refractivity (Wildman–Crippen MR) is 102 cm³/mol. The second-order valence-electron chi connectivity index (χ2n) is 6.77. The van der Waals surface area contributed by atoms with Crippen molar-refractivity contribution >= 4 is 17.4 Å². The van der Waals surface area contributed by atoms with Crippen LogP contribution in [0, 0.1) is 5.82 Å². The summed E-state index contributed by atoms with van der Waals surface area (Å²) in [6, 6.07) is 9.81. The highest BCUT2D eigenvalue weighted by Gasteiger charge is 2.27. The van der Waals surface area contributed by atoms with Crippen LogP contribution >= 0.6 is 0 Å². The Balaban J connectivity index is 1.62. The molecule has 4 rings (SSSR count). The maximum atomic E-state index is 13.2. The number of fused-ring (bicyclic) bond motifs is 1. The second-order valence-corrected chi connectivity index (χ2v) is 6.77. The molecule has 0 spiro atoms. The quantitative estimate of drug-likeness (QED) is 0.771. The summed E-state index contributed by atoms with van der Waals surface area (Å²) >= 11 is 0. The summed E-state index contributed by atoms with van der Waals surface area (Å²) < 4.78 is 15.0. The Morgan fingerprint density at radius 3 is 2.59 bits per heavy atom. The number of halogens is 1. The van der Waals surface area contributed by atoms with Crippen LogP contribution in [-0.2, 0) is 12.8 Å². The molecule has 1 aromatic carbocycles. The van der Waals surface area contributed by atoms with Gasteiger partial charge in [0.05, 0.1) is 17.6 Å². The Kier molecular flexibility index (Phi) is 4.35. The number of aromatic nitrogens is 3. The van der Waals surface area contributed by atoms with E-state index in [4.69, 9.17) is 0 Å². The molecule has 0 aliphatic heterocycles. The number of carbonyl (C=O) groups is 1. The zero-order valence-electron chi connectivity index (χ0n) is 15.2. The van der Waals surface area contributed by atoms with Crippen LogP contribution in [0.3, 0.4) is 0 Å². The lowest BCUT2D eigenvalue weighted by Crippen LogP contribution is -2.16. The van der Waals surface area contributed by atoms with Crippen molar-refractivity contribution in [2.75, 3.05) is 24.3 Å². The number of anilines is 2. The summed E-state index contributed by atoms with van der Waals surface area (Å²) in [5.41, 5.74) is 3.78. The van der Waals surface area contributed by atoms with Crippen LogP contribution < -0.4 is 10.2 Å². The summed E-state index contributed by atoms with van der Waals surface area (Å²) in [6.07, 6.45) is 4.28. The third-order valence-corrected chi connectivity index (χ3v) is 4.68. The Labute approximate surface area is 156 Å². The van der Waals surface area contributed by atoms with Crippen LogP contribution in [0.15, 0.2) is 42.6 Å². The molecule has 1 amide bonds. The number of carbonyl (C=O) groups excluding carboxylic acids is 1. The van der Waals surface area contributed by atoms with Gasteiger partial charge in [-0.3, -0.25) is 4.79 Å². The molecule has 7 heteroatoms. The van der Waals surface area contributed by atoms with Crippen molar-refractivity contribution in [2.24, 2.45) is 0 Å². The SMILES string of the molecule is CN(C)c1ccc(NC(=O)c2nn(-c3ccc(F)cc3)c3c2CCC3)cn1. The van der Waals surface area contributed by atoms with E-state index in [1.807, 2.05) is 31.1 Å². The van der Waals surface area contributed by atoms with Crippen molar-refractivity contribution in [2.45, 2.75) is 19.3 Å². The molecule has 27 heavy (non-hydrogen) atoms. The van der Waals surface area contributed by atoms with Gasteiger partial charge in [-0.15, -0.1) is 0 Å². The second kappa shape index (κ2) is 6.83. The Morgan fingerprint density at radius 2 is 1.93 bits per heavy atom. The van der Waals surface area contributed by atoms with E-state index in [0.29, 0.717) is 11.4 Å². The van der Waals surface area contributed by atoms with E-state index in [2.05, 4.69) is 15.4 Å². The van der Waals surface area contributed by atoms with Crippen molar-refractivity contribution < 1.29 is 9.18 Å². The first-order chi connectivity index (χ1) is 13.0. The highest BCUT2D eigenvalue weighted by molar-refractivity contribution is 6.04. The zero-order chi connectivity index (χ0) is 19.0. The molecule has 0 saturated carbocycles. The molecule has 0 bridgehead atoms. The molecule has 0 radical (unpaired) electrons. The molecule has 6 nitrogen and oxygen atoms in total. The number of hydrogen-bond acceptors (Lipinski definition) is 4. The molecule has 0 unspecified atom stereocenters. The molecule has 1 aliphatic rings. The average Bonchev–Trinajstić information content (AvgIpc) is 3.25. The maximum Gasteiger partial charge on any atom is 0.276 e. The van der Waals surface area contributed by atoms with Gasteiger partial charge in [0, 0.05) is 25.4 Å².